The van der Waals surface area contributed by atoms with Crippen LogP contribution in [0.1, 0.15) is 51.3 Å². The fourth-order valence-electron chi connectivity index (χ4n) is 2.21. The van der Waals surface area contributed by atoms with Crippen LogP contribution in [0.5, 0.6) is 0 Å². The molecular weight excluding hydrogens is 254 g/mol. The van der Waals surface area contributed by atoms with E-state index in [1.807, 2.05) is 0 Å². The van der Waals surface area contributed by atoms with Gasteiger partial charge in [0.15, 0.2) is 0 Å². The number of nitrogens with zero attached hydrogens (tertiary/aromatic N) is 2. The van der Waals surface area contributed by atoms with E-state index in [2.05, 4.69) is 34.6 Å². The van der Waals surface area contributed by atoms with Gasteiger partial charge in [0.25, 0.3) is 0 Å². The van der Waals surface area contributed by atoms with Gasteiger partial charge in [-0.1, -0.05) is 13.8 Å². The van der Waals surface area contributed by atoms with Crippen molar-refractivity contribution in [2.24, 2.45) is 11.3 Å². The van der Waals surface area contributed by atoms with Gasteiger partial charge in [-0.25, -0.2) is 15.8 Å². The van der Waals surface area contributed by atoms with E-state index in [0.717, 1.165) is 37.3 Å². The SMILES string of the molecule is CCC(CC)(CO)CNc1cc(NN)nc(C2CC2)n1. The lowest BCUT2D eigenvalue weighted by molar-refractivity contribution is 0.127. The summed E-state index contributed by atoms with van der Waals surface area (Å²) in [7, 11) is 0. The Morgan fingerprint density at radius 1 is 1.30 bits per heavy atom. The van der Waals surface area contributed by atoms with E-state index >= 15 is 0 Å². The van der Waals surface area contributed by atoms with Crippen LogP contribution in [0.15, 0.2) is 6.07 Å². The summed E-state index contributed by atoms with van der Waals surface area (Å²) < 4.78 is 0. The first-order valence-corrected chi connectivity index (χ1v) is 7.36. The van der Waals surface area contributed by atoms with Crippen LogP contribution in [0.3, 0.4) is 0 Å². The van der Waals surface area contributed by atoms with E-state index in [0.29, 0.717) is 18.3 Å². The highest BCUT2D eigenvalue weighted by molar-refractivity contribution is 5.47. The van der Waals surface area contributed by atoms with Gasteiger partial charge in [0.2, 0.25) is 0 Å². The minimum atomic E-state index is -0.0962. The summed E-state index contributed by atoms with van der Waals surface area (Å²) in [5.41, 5.74) is 2.49. The van der Waals surface area contributed by atoms with Gasteiger partial charge in [-0.3, -0.25) is 0 Å². The number of rotatable bonds is 8. The number of aliphatic hydroxyl groups is 1. The van der Waals surface area contributed by atoms with Crippen molar-refractivity contribution in [1.29, 1.82) is 0 Å². The maximum Gasteiger partial charge on any atom is 0.145 e. The molecule has 5 N–H and O–H groups in total. The summed E-state index contributed by atoms with van der Waals surface area (Å²) in [5, 5.41) is 12.9. The molecule has 6 heteroatoms. The van der Waals surface area contributed by atoms with Crippen LogP contribution in [0.4, 0.5) is 11.6 Å². The van der Waals surface area contributed by atoms with Gasteiger partial charge in [-0.15, -0.1) is 0 Å². The number of hydrogen-bond donors (Lipinski definition) is 4. The van der Waals surface area contributed by atoms with Crippen LogP contribution in [0.25, 0.3) is 0 Å². The highest BCUT2D eigenvalue weighted by Crippen LogP contribution is 2.38. The van der Waals surface area contributed by atoms with E-state index < -0.39 is 0 Å². The zero-order valence-corrected chi connectivity index (χ0v) is 12.3. The van der Waals surface area contributed by atoms with Crippen molar-refractivity contribution in [3.63, 3.8) is 0 Å². The van der Waals surface area contributed by atoms with Crippen molar-refractivity contribution in [3.8, 4) is 0 Å². The molecule has 6 nitrogen and oxygen atoms in total. The van der Waals surface area contributed by atoms with Crippen molar-refractivity contribution < 1.29 is 5.11 Å². The highest BCUT2D eigenvalue weighted by atomic mass is 16.3. The molecule has 1 aromatic rings. The molecule has 112 valence electrons. The van der Waals surface area contributed by atoms with Crippen LogP contribution < -0.4 is 16.6 Å². The molecule has 1 fully saturated rings. The minimum absolute atomic E-state index is 0.0962. The third-order valence-electron chi connectivity index (χ3n) is 4.31. The summed E-state index contributed by atoms with van der Waals surface area (Å²) in [5.74, 6) is 8.19. The monoisotopic (exact) mass is 279 g/mol. The Labute approximate surface area is 120 Å². The van der Waals surface area contributed by atoms with Crippen LogP contribution in [0.2, 0.25) is 0 Å². The van der Waals surface area contributed by atoms with Crippen molar-refractivity contribution in [2.45, 2.75) is 45.4 Å². The molecule has 0 aliphatic heterocycles. The molecule has 0 unspecified atom stereocenters. The second-order valence-corrected chi connectivity index (χ2v) is 5.63. The van der Waals surface area contributed by atoms with E-state index in [-0.39, 0.29) is 12.0 Å². The largest absolute Gasteiger partial charge is 0.396 e. The molecule has 0 radical (unpaired) electrons. The van der Waals surface area contributed by atoms with Crippen molar-refractivity contribution >= 4 is 11.6 Å². The maximum atomic E-state index is 9.60. The molecule has 1 aliphatic carbocycles. The summed E-state index contributed by atoms with van der Waals surface area (Å²) >= 11 is 0. The van der Waals surface area contributed by atoms with Crippen molar-refractivity contribution in [2.75, 3.05) is 23.9 Å². The standard InChI is InChI=1S/C14H25N5O/c1-3-14(4-2,9-20)8-16-11-7-12(19-15)18-13(17-11)10-5-6-10/h7,10,20H,3-6,8-9,15H2,1-2H3,(H2,16,17,18,19). The zero-order valence-electron chi connectivity index (χ0n) is 12.3. The van der Waals surface area contributed by atoms with E-state index in [1.165, 1.54) is 0 Å². The summed E-state index contributed by atoms with van der Waals surface area (Å²) in [6.45, 7) is 5.07. The predicted molar refractivity (Wildman–Crippen MR) is 80.4 cm³/mol. The summed E-state index contributed by atoms with van der Waals surface area (Å²) in [6.07, 6.45) is 4.15. The smallest absolute Gasteiger partial charge is 0.145 e. The van der Waals surface area contributed by atoms with Crippen molar-refractivity contribution in [3.05, 3.63) is 11.9 Å². The normalized spacial score (nSPS) is 15.2. The number of nitrogen functional groups attached to an aromatic ring is 1. The number of anilines is 2. The van der Waals surface area contributed by atoms with Crippen LogP contribution in [-0.2, 0) is 0 Å². The molecule has 1 heterocycles. The van der Waals surface area contributed by atoms with Gasteiger partial charge in [0.05, 0.1) is 6.61 Å². The van der Waals surface area contributed by atoms with Gasteiger partial charge in [-0.05, 0) is 25.7 Å². The number of hydrogen-bond acceptors (Lipinski definition) is 6. The lowest BCUT2D eigenvalue weighted by atomic mass is 9.83. The van der Waals surface area contributed by atoms with Crippen LogP contribution in [0, 0.1) is 5.41 Å². The molecule has 1 aromatic heterocycles. The lowest BCUT2D eigenvalue weighted by Gasteiger charge is -2.29. The number of hydrazine groups is 1. The Bertz CT molecular complexity index is 435. The molecule has 0 saturated heterocycles. The van der Waals surface area contributed by atoms with Crippen LogP contribution >= 0.6 is 0 Å². The molecule has 1 aliphatic rings. The minimum Gasteiger partial charge on any atom is -0.396 e. The fourth-order valence-corrected chi connectivity index (χ4v) is 2.21. The molecule has 0 atom stereocenters. The molecule has 20 heavy (non-hydrogen) atoms. The number of nitrogens with one attached hydrogen (secondary N) is 2. The summed E-state index contributed by atoms with van der Waals surface area (Å²) in [6, 6.07) is 1.80. The average molecular weight is 279 g/mol. The third kappa shape index (κ3) is 3.37. The van der Waals surface area contributed by atoms with Gasteiger partial charge in [0.1, 0.15) is 17.5 Å². The Morgan fingerprint density at radius 3 is 2.45 bits per heavy atom. The Morgan fingerprint density at radius 2 is 1.95 bits per heavy atom. The van der Waals surface area contributed by atoms with Gasteiger partial charge in [0, 0.05) is 23.9 Å². The van der Waals surface area contributed by atoms with E-state index in [4.69, 9.17) is 5.84 Å². The third-order valence-corrected chi connectivity index (χ3v) is 4.31. The molecule has 0 amide bonds. The Balaban J connectivity index is 2.10. The molecule has 0 aromatic carbocycles. The molecule has 0 bridgehead atoms. The first kappa shape index (κ1) is 15.0. The maximum absolute atomic E-state index is 9.60. The number of aliphatic hydroxyl groups excluding tert-OH is 1. The second-order valence-electron chi connectivity index (χ2n) is 5.63. The zero-order chi connectivity index (χ0) is 14.6. The molecular formula is C14H25N5O. The summed E-state index contributed by atoms with van der Waals surface area (Å²) in [4.78, 5) is 8.93. The van der Waals surface area contributed by atoms with Gasteiger partial charge >= 0.3 is 0 Å². The Hall–Kier alpha value is -1.40. The Kier molecular flexibility index (Phi) is 4.77. The first-order chi connectivity index (χ1) is 9.66. The first-order valence-electron chi connectivity index (χ1n) is 7.36. The second kappa shape index (κ2) is 6.37. The van der Waals surface area contributed by atoms with E-state index in [9.17, 15) is 5.11 Å². The topological polar surface area (TPSA) is 96.1 Å². The lowest BCUT2D eigenvalue weighted by Crippen LogP contribution is -2.32. The van der Waals surface area contributed by atoms with Crippen molar-refractivity contribution in [1.82, 2.24) is 9.97 Å². The molecule has 1 saturated carbocycles. The molecule has 0 spiro atoms. The van der Waals surface area contributed by atoms with Gasteiger partial charge < -0.3 is 15.8 Å². The van der Waals surface area contributed by atoms with E-state index in [1.54, 1.807) is 6.07 Å². The molecule has 2 rings (SSSR count). The number of aromatic nitrogens is 2. The van der Waals surface area contributed by atoms with Gasteiger partial charge in [-0.2, -0.15) is 0 Å². The number of nitrogens with two attached hydrogens (primary N) is 1. The fraction of sp³-hybridized carbons (Fsp3) is 0.714. The average Bonchev–Trinajstić information content (AvgIpc) is 3.33. The van der Waals surface area contributed by atoms with Crippen LogP contribution in [-0.4, -0.2) is 28.2 Å². The predicted octanol–water partition coefficient (Wildman–Crippen LogP) is 1.85. The quantitative estimate of drug-likeness (QED) is 0.428. The highest BCUT2D eigenvalue weighted by Gasteiger charge is 2.28.